The van der Waals surface area contributed by atoms with Gasteiger partial charge in [0, 0.05) is 11.2 Å². The molecule has 7 heteroatoms. The number of hydrogen-bond donors (Lipinski definition) is 2. The maximum Gasteiger partial charge on any atom is 0.288 e. The van der Waals surface area contributed by atoms with Crippen molar-refractivity contribution in [3.05, 3.63) is 59.4 Å². The van der Waals surface area contributed by atoms with Crippen molar-refractivity contribution in [1.29, 1.82) is 0 Å². The Morgan fingerprint density at radius 2 is 2.00 bits per heavy atom. The van der Waals surface area contributed by atoms with Crippen molar-refractivity contribution in [2.45, 2.75) is 13.0 Å². The van der Waals surface area contributed by atoms with Gasteiger partial charge in [0.1, 0.15) is 11.4 Å². The van der Waals surface area contributed by atoms with Crippen LogP contribution >= 0.6 is 11.6 Å². The van der Waals surface area contributed by atoms with Crippen LogP contribution in [0.2, 0.25) is 5.02 Å². The monoisotopic (exact) mass is 319 g/mol. The minimum Gasteiger partial charge on any atom is -0.481 e. The van der Waals surface area contributed by atoms with Crippen molar-refractivity contribution in [2.75, 3.05) is 0 Å². The summed E-state index contributed by atoms with van der Waals surface area (Å²) in [6.07, 6.45) is 0.684. The average molecular weight is 320 g/mol. The molecule has 0 radical (unpaired) electrons. The number of pyridine rings is 1. The highest BCUT2D eigenvalue weighted by Gasteiger charge is 2.16. The van der Waals surface area contributed by atoms with Crippen LogP contribution in [0.15, 0.2) is 48.7 Å². The van der Waals surface area contributed by atoms with Crippen LogP contribution in [0.1, 0.15) is 17.4 Å². The third kappa shape index (κ3) is 4.46. The number of nitrogens with zero attached hydrogens (tertiary/aromatic N) is 1. The summed E-state index contributed by atoms with van der Waals surface area (Å²) < 4.78 is 5.43. The average Bonchev–Trinajstić information content (AvgIpc) is 2.53. The molecule has 0 aliphatic carbocycles. The molecule has 2 amide bonds. The quantitative estimate of drug-likeness (QED) is 0.844. The smallest absolute Gasteiger partial charge is 0.288 e. The Kier molecular flexibility index (Phi) is 5.32. The van der Waals surface area contributed by atoms with E-state index >= 15 is 0 Å². The van der Waals surface area contributed by atoms with E-state index in [1.54, 1.807) is 43.3 Å². The summed E-state index contributed by atoms with van der Waals surface area (Å²) in [5, 5.41) is 0.508. The van der Waals surface area contributed by atoms with Crippen LogP contribution in [-0.4, -0.2) is 22.9 Å². The van der Waals surface area contributed by atoms with Gasteiger partial charge in [-0.2, -0.15) is 0 Å². The topological polar surface area (TPSA) is 80.3 Å². The third-order valence-electron chi connectivity index (χ3n) is 2.67. The van der Waals surface area contributed by atoms with Gasteiger partial charge in [-0.1, -0.05) is 23.7 Å². The maximum absolute atomic E-state index is 11.9. The van der Waals surface area contributed by atoms with E-state index in [9.17, 15) is 9.59 Å². The molecule has 1 heterocycles. The zero-order chi connectivity index (χ0) is 15.9. The summed E-state index contributed by atoms with van der Waals surface area (Å²) in [5.41, 5.74) is 4.75. The van der Waals surface area contributed by atoms with E-state index in [4.69, 9.17) is 16.3 Å². The molecule has 1 aromatic heterocycles. The van der Waals surface area contributed by atoms with Gasteiger partial charge in [-0.25, -0.2) is 0 Å². The van der Waals surface area contributed by atoms with Gasteiger partial charge in [0.2, 0.25) is 0 Å². The highest BCUT2D eigenvalue weighted by Crippen LogP contribution is 2.18. The predicted octanol–water partition coefficient (Wildman–Crippen LogP) is 1.96. The van der Waals surface area contributed by atoms with Crippen molar-refractivity contribution < 1.29 is 14.3 Å². The molecule has 0 fully saturated rings. The number of hydrazine groups is 1. The lowest BCUT2D eigenvalue weighted by molar-refractivity contribution is -0.128. The number of rotatable bonds is 4. The van der Waals surface area contributed by atoms with Gasteiger partial charge in [-0.05, 0) is 37.3 Å². The molecule has 0 bridgehead atoms. The van der Waals surface area contributed by atoms with Crippen molar-refractivity contribution in [2.24, 2.45) is 0 Å². The molecule has 1 unspecified atom stereocenters. The predicted molar refractivity (Wildman–Crippen MR) is 81.4 cm³/mol. The molecule has 6 nitrogen and oxygen atoms in total. The van der Waals surface area contributed by atoms with E-state index < -0.39 is 17.9 Å². The Balaban J connectivity index is 1.85. The molecule has 2 rings (SSSR count). The van der Waals surface area contributed by atoms with Crippen molar-refractivity contribution >= 4 is 23.4 Å². The van der Waals surface area contributed by atoms with E-state index in [1.807, 2.05) is 0 Å². The van der Waals surface area contributed by atoms with Gasteiger partial charge >= 0.3 is 0 Å². The first kappa shape index (κ1) is 15.8. The largest absolute Gasteiger partial charge is 0.481 e. The highest BCUT2D eigenvalue weighted by atomic mass is 35.5. The fourth-order valence-electron chi connectivity index (χ4n) is 1.58. The number of aromatic nitrogens is 1. The second-order valence-electron chi connectivity index (χ2n) is 4.38. The Hall–Kier alpha value is -2.60. The Morgan fingerprint density at radius 3 is 2.68 bits per heavy atom. The first-order valence-electron chi connectivity index (χ1n) is 6.49. The standard InChI is InChI=1S/C15H14ClN3O3/c1-10(22-12-6-4-5-11(16)9-12)14(20)18-19-15(21)13-7-2-3-8-17-13/h2-10H,1H3,(H,18,20)(H,19,21). The van der Waals surface area contributed by atoms with Crippen LogP contribution in [0.4, 0.5) is 0 Å². The normalized spacial score (nSPS) is 11.4. The van der Waals surface area contributed by atoms with Gasteiger partial charge in [-0.3, -0.25) is 25.4 Å². The molecule has 1 aromatic carbocycles. The molecule has 1 atom stereocenters. The second kappa shape index (κ2) is 7.42. The minimum absolute atomic E-state index is 0.200. The van der Waals surface area contributed by atoms with E-state index in [0.29, 0.717) is 10.8 Å². The van der Waals surface area contributed by atoms with Crippen molar-refractivity contribution in [1.82, 2.24) is 15.8 Å². The molecule has 2 aromatic rings. The number of nitrogens with one attached hydrogen (secondary N) is 2. The van der Waals surface area contributed by atoms with Gasteiger partial charge < -0.3 is 4.74 Å². The molecule has 0 aliphatic rings. The number of carbonyl (C=O) groups excluding carboxylic acids is 2. The SMILES string of the molecule is CC(Oc1cccc(Cl)c1)C(=O)NNC(=O)c1ccccn1. The summed E-state index contributed by atoms with van der Waals surface area (Å²) in [4.78, 5) is 27.5. The molecule has 22 heavy (non-hydrogen) atoms. The number of carbonyl (C=O) groups is 2. The van der Waals surface area contributed by atoms with Crippen LogP contribution in [0.5, 0.6) is 5.75 Å². The first-order chi connectivity index (χ1) is 10.6. The van der Waals surface area contributed by atoms with Gasteiger partial charge in [-0.15, -0.1) is 0 Å². The summed E-state index contributed by atoms with van der Waals surface area (Å²) in [6.45, 7) is 1.56. The van der Waals surface area contributed by atoms with Crippen molar-refractivity contribution in [3.63, 3.8) is 0 Å². The molecular formula is C15H14ClN3O3. The zero-order valence-corrected chi connectivity index (χ0v) is 12.5. The highest BCUT2D eigenvalue weighted by molar-refractivity contribution is 6.30. The van der Waals surface area contributed by atoms with Crippen LogP contribution in [0.3, 0.4) is 0 Å². The maximum atomic E-state index is 11.9. The van der Waals surface area contributed by atoms with Crippen LogP contribution < -0.4 is 15.6 Å². The molecule has 2 N–H and O–H groups in total. The lowest BCUT2D eigenvalue weighted by Gasteiger charge is -2.15. The second-order valence-corrected chi connectivity index (χ2v) is 4.81. The van der Waals surface area contributed by atoms with Gasteiger partial charge in [0.05, 0.1) is 0 Å². The fourth-order valence-corrected chi connectivity index (χ4v) is 1.76. The van der Waals surface area contributed by atoms with Crippen LogP contribution in [-0.2, 0) is 4.79 Å². The number of ether oxygens (including phenoxy) is 1. The molecule has 0 saturated carbocycles. The molecule has 0 spiro atoms. The van der Waals surface area contributed by atoms with Gasteiger partial charge in [0.15, 0.2) is 6.10 Å². The van der Waals surface area contributed by atoms with E-state index in [1.165, 1.54) is 12.3 Å². The number of hydrogen-bond acceptors (Lipinski definition) is 4. The summed E-state index contributed by atoms with van der Waals surface area (Å²) >= 11 is 5.83. The summed E-state index contributed by atoms with van der Waals surface area (Å²) in [5.74, 6) is -0.542. The lowest BCUT2D eigenvalue weighted by Crippen LogP contribution is -2.47. The summed E-state index contributed by atoms with van der Waals surface area (Å²) in [7, 11) is 0. The number of halogens is 1. The van der Waals surface area contributed by atoms with E-state index in [0.717, 1.165) is 0 Å². The zero-order valence-electron chi connectivity index (χ0n) is 11.7. The molecule has 0 aliphatic heterocycles. The van der Waals surface area contributed by atoms with E-state index in [-0.39, 0.29) is 5.69 Å². The Labute approximate surface area is 132 Å². The van der Waals surface area contributed by atoms with E-state index in [2.05, 4.69) is 15.8 Å². The van der Waals surface area contributed by atoms with Crippen LogP contribution in [0, 0.1) is 0 Å². The van der Waals surface area contributed by atoms with Crippen LogP contribution in [0.25, 0.3) is 0 Å². The first-order valence-corrected chi connectivity index (χ1v) is 6.87. The number of benzene rings is 1. The Morgan fingerprint density at radius 1 is 1.18 bits per heavy atom. The molecule has 114 valence electrons. The molecule has 0 saturated heterocycles. The third-order valence-corrected chi connectivity index (χ3v) is 2.91. The van der Waals surface area contributed by atoms with Crippen molar-refractivity contribution in [3.8, 4) is 5.75 Å². The van der Waals surface area contributed by atoms with Gasteiger partial charge in [0.25, 0.3) is 11.8 Å². The lowest BCUT2D eigenvalue weighted by atomic mass is 10.3. The summed E-state index contributed by atoms with van der Waals surface area (Å²) in [6, 6.07) is 11.6. The molecular weight excluding hydrogens is 306 g/mol. The number of amides is 2. The fraction of sp³-hybridized carbons (Fsp3) is 0.133. The minimum atomic E-state index is -0.803. The Bertz CT molecular complexity index is 664.